The molecule has 0 saturated carbocycles. The predicted octanol–water partition coefficient (Wildman–Crippen LogP) is 4.96. The van der Waals surface area contributed by atoms with Crippen LogP contribution in [0.3, 0.4) is 0 Å². The third kappa shape index (κ3) is 5.63. The lowest BCUT2D eigenvalue weighted by molar-refractivity contribution is 0.155. The lowest BCUT2D eigenvalue weighted by atomic mass is 10.1. The van der Waals surface area contributed by atoms with Crippen molar-refractivity contribution in [3.63, 3.8) is 0 Å². The van der Waals surface area contributed by atoms with Gasteiger partial charge in [0, 0.05) is 23.8 Å². The van der Waals surface area contributed by atoms with Crippen molar-refractivity contribution in [2.75, 3.05) is 18.4 Å². The number of anilines is 1. The van der Waals surface area contributed by atoms with Crippen molar-refractivity contribution < 1.29 is 14.3 Å². The SMILES string of the molecule is C[C@H](NC(=O)N1CCCC1)c1ccc(NC(=O)OCc2ccc(Cl)cc2)cc1. The van der Waals surface area contributed by atoms with Crippen LogP contribution in [0.2, 0.25) is 5.02 Å². The van der Waals surface area contributed by atoms with Crippen LogP contribution in [-0.2, 0) is 11.3 Å². The molecule has 7 heteroatoms. The zero-order valence-electron chi connectivity index (χ0n) is 15.8. The molecule has 0 unspecified atom stereocenters. The second kappa shape index (κ2) is 9.46. The van der Waals surface area contributed by atoms with Crippen LogP contribution in [0.25, 0.3) is 0 Å². The van der Waals surface area contributed by atoms with Crippen molar-refractivity contribution in [2.24, 2.45) is 0 Å². The number of amides is 3. The summed E-state index contributed by atoms with van der Waals surface area (Å²) in [6.07, 6.45) is 1.60. The van der Waals surface area contributed by atoms with Gasteiger partial charge in [-0.05, 0) is 55.2 Å². The van der Waals surface area contributed by atoms with Crippen LogP contribution in [0.5, 0.6) is 0 Å². The average Bonchev–Trinajstić information content (AvgIpc) is 3.23. The van der Waals surface area contributed by atoms with Gasteiger partial charge in [0.05, 0.1) is 6.04 Å². The standard InChI is InChI=1S/C21H24ClN3O3/c1-15(23-20(26)25-12-2-3-13-25)17-6-10-19(11-7-17)24-21(27)28-14-16-4-8-18(22)9-5-16/h4-11,15H,2-3,12-14H2,1H3,(H,23,26)(H,24,27)/t15-/m0/s1. The first-order valence-electron chi connectivity index (χ1n) is 9.35. The first kappa shape index (κ1) is 20.0. The van der Waals surface area contributed by atoms with E-state index in [9.17, 15) is 9.59 Å². The van der Waals surface area contributed by atoms with Gasteiger partial charge in [-0.15, -0.1) is 0 Å². The summed E-state index contributed by atoms with van der Waals surface area (Å²) in [5.41, 5.74) is 2.45. The fourth-order valence-corrected chi connectivity index (χ4v) is 3.14. The third-order valence-corrected chi connectivity index (χ3v) is 4.93. The molecule has 1 saturated heterocycles. The maximum absolute atomic E-state index is 12.2. The first-order chi connectivity index (χ1) is 13.5. The molecule has 0 radical (unpaired) electrons. The number of likely N-dealkylation sites (tertiary alicyclic amines) is 1. The summed E-state index contributed by atoms with van der Waals surface area (Å²) >= 11 is 5.83. The van der Waals surface area contributed by atoms with Crippen LogP contribution >= 0.6 is 11.6 Å². The number of ether oxygens (including phenoxy) is 1. The average molecular weight is 402 g/mol. The van der Waals surface area contributed by atoms with Gasteiger partial charge in [-0.2, -0.15) is 0 Å². The van der Waals surface area contributed by atoms with Crippen molar-refractivity contribution in [3.05, 3.63) is 64.7 Å². The molecule has 3 amide bonds. The highest BCUT2D eigenvalue weighted by Crippen LogP contribution is 2.18. The van der Waals surface area contributed by atoms with Gasteiger partial charge >= 0.3 is 12.1 Å². The van der Waals surface area contributed by atoms with Crippen LogP contribution in [-0.4, -0.2) is 30.1 Å². The van der Waals surface area contributed by atoms with Gasteiger partial charge < -0.3 is 15.0 Å². The van der Waals surface area contributed by atoms with Gasteiger partial charge in [0.25, 0.3) is 0 Å². The fourth-order valence-electron chi connectivity index (χ4n) is 3.02. The molecule has 1 atom stereocenters. The Morgan fingerprint density at radius 1 is 1.07 bits per heavy atom. The second-order valence-electron chi connectivity index (χ2n) is 6.81. The number of hydrogen-bond donors (Lipinski definition) is 2. The fraction of sp³-hybridized carbons (Fsp3) is 0.333. The van der Waals surface area contributed by atoms with Gasteiger partial charge in [-0.25, -0.2) is 9.59 Å². The van der Waals surface area contributed by atoms with E-state index in [2.05, 4.69) is 10.6 Å². The largest absolute Gasteiger partial charge is 0.444 e. The van der Waals surface area contributed by atoms with Gasteiger partial charge in [-0.1, -0.05) is 35.9 Å². The van der Waals surface area contributed by atoms with Crippen LogP contribution < -0.4 is 10.6 Å². The maximum Gasteiger partial charge on any atom is 0.411 e. The zero-order valence-corrected chi connectivity index (χ0v) is 16.5. The molecule has 0 aromatic heterocycles. The van der Waals surface area contributed by atoms with Crippen LogP contribution in [0, 0.1) is 0 Å². The van der Waals surface area contributed by atoms with Crippen molar-refractivity contribution in [1.29, 1.82) is 0 Å². The zero-order chi connectivity index (χ0) is 19.9. The minimum atomic E-state index is -0.530. The minimum Gasteiger partial charge on any atom is -0.444 e. The molecule has 1 heterocycles. The molecule has 2 aromatic carbocycles. The molecule has 1 aliphatic heterocycles. The summed E-state index contributed by atoms with van der Waals surface area (Å²) < 4.78 is 5.20. The number of rotatable bonds is 5. The minimum absolute atomic E-state index is 0.0296. The molecule has 1 fully saturated rings. The molecular weight excluding hydrogens is 378 g/mol. The summed E-state index contributed by atoms with van der Waals surface area (Å²) in [5, 5.41) is 6.34. The van der Waals surface area contributed by atoms with Crippen LogP contribution in [0.15, 0.2) is 48.5 Å². The predicted molar refractivity (Wildman–Crippen MR) is 109 cm³/mol. The molecule has 1 aliphatic rings. The lowest BCUT2D eigenvalue weighted by Crippen LogP contribution is -2.39. The Kier molecular flexibility index (Phi) is 6.76. The number of nitrogens with zero attached hydrogens (tertiary/aromatic N) is 1. The Hall–Kier alpha value is -2.73. The van der Waals surface area contributed by atoms with Gasteiger partial charge in [0.1, 0.15) is 6.61 Å². The number of carbonyl (C=O) groups is 2. The van der Waals surface area contributed by atoms with Crippen LogP contribution in [0.1, 0.15) is 36.9 Å². The smallest absolute Gasteiger partial charge is 0.411 e. The Labute approximate surface area is 169 Å². The number of urea groups is 1. The maximum atomic E-state index is 12.2. The van der Waals surface area contributed by atoms with E-state index < -0.39 is 6.09 Å². The van der Waals surface area contributed by atoms with E-state index in [-0.39, 0.29) is 18.7 Å². The molecule has 6 nitrogen and oxygen atoms in total. The highest BCUT2D eigenvalue weighted by Gasteiger charge is 2.19. The van der Waals surface area contributed by atoms with Gasteiger partial charge in [0.2, 0.25) is 0 Å². The first-order valence-corrected chi connectivity index (χ1v) is 9.73. The Morgan fingerprint density at radius 2 is 1.71 bits per heavy atom. The Morgan fingerprint density at radius 3 is 2.36 bits per heavy atom. The third-order valence-electron chi connectivity index (χ3n) is 4.67. The van der Waals surface area contributed by atoms with E-state index in [0.717, 1.165) is 37.1 Å². The van der Waals surface area contributed by atoms with Crippen molar-refractivity contribution in [3.8, 4) is 0 Å². The van der Waals surface area contributed by atoms with Crippen LogP contribution in [0.4, 0.5) is 15.3 Å². The molecular formula is C21H24ClN3O3. The number of nitrogens with one attached hydrogen (secondary N) is 2. The number of halogens is 1. The van der Waals surface area contributed by atoms with Gasteiger partial charge in [-0.3, -0.25) is 5.32 Å². The van der Waals surface area contributed by atoms with E-state index in [4.69, 9.17) is 16.3 Å². The summed E-state index contributed by atoms with van der Waals surface area (Å²) in [4.78, 5) is 26.0. The second-order valence-corrected chi connectivity index (χ2v) is 7.25. The normalized spacial score (nSPS) is 14.4. The van der Waals surface area contributed by atoms with Crippen molar-refractivity contribution in [1.82, 2.24) is 10.2 Å². The molecule has 0 aliphatic carbocycles. The van der Waals surface area contributed by atoms with Crippen molar-refractivity contribution in [2.45, 2.75) is 32.4 Å². The van der Waals surface area contributed by atoms with Crippen molar-refractivity contribution >= 4 is 29.4 Å². The van der Waals surface area contributed by atoms with E-state index in [1.807, 2.05) is 36.1 Å². The number of hydrogen-bond acceptors (Lipinski definition) is 3. The molecule has 2 aromatic rings. The molecule has 28 heavy (non-hydrogen) atoms. The van der Waals surface area contributed by atoms with E-state index >= 15 is 0 Å². The molecule has 2 N–H and O–H groups in total. The summed E-state index contributed by atoms with van der Waals surface area (Å²) in [5.74, 6) is 0. The summed E-state index contributed by atoms with van der Waals surface area (Å²) in [6.45, 7) is 3.75. The molecule has 148 valence electrons. The van der Waals surface area contributed by atoms with E-state index in [1.54, 1.807) is 24.3 Å². The molecule has 0 spiro atoms. The highest BCUT2D eigenvalue weighted by atomic mass is 35.5. The number of benzene rings is 2. The van der Waals surface area contributed by atoms with Gasteiger partial charge in [0.15, 0.2) is 0 Å². The molecule has 0 bridgehead atoms. The van der Waals surface area contributed by atoms with E-state index in [0.29, 0.717) is 10.7 Å². The van der Waals surface area contributed by atoms with E-state index in [1.165, 1.54) is 0 Å². The summed E-state index contributed by atoms with van der Waals surface area (Å²) in [6, 6.07) is 14.3. The Bertz CT molecular complexity index is 803. The highest BCUT2D eigenvalue weighted by molar-refractivity contribution is 6.30. The Balaban J connectivity index is 1.47. The number of carbonyl (C=O) groups excluding carboxylic acids is 2. The summed E-state index contributed by atoms with van der Waals surface area (Å²) in [7, 11) is 0. The lowest BCUT2D eigenvalue weighted by Gasteiger charge is -2.21. The molecule has 3 rings (SSSR count). The monoisotopic (exact) mass is 401 g/mol. The topological polar surface area (TPSA) is 70.7 Å². The quantitative estimate of drug-likeness (QED) is 0.744.